The van der Waals surface area contributed by atoms with Gasteiger partial charge in [-0.3, -0.25) is 14.4 Å². The van der Waals surface area contributed by atoms with E-state index >= 15 is 4.39 Å². The second-order valence-corrected chi connectivity index (χ2v) is 10.9. The summed E-state index contributed by atoms with van der Waals surface area (Å²) in [5, 5.41) is 2.68. The van der Waals surface area contributed by atoms with E-state index in [1.54, 1.807) is 18.2 Å². The highest BCUT2D eigenvalue weighted by atomic mass is 19.1. The molecule has 1 N–H and O–H groups in total. The normalized spacial score (nSPS) is 29.7. The molecule has 0 spiro atoms. The van der Waals surface area contributed by atoms with Crippen LogP contribution in [0.25, 0.3) is 0 Å². The van der Waals surface area contributed by atoms with Gasteiger partial charge >= 0.3 is 5.97 Å². The number of carbonyl (C=O) groups excluding carboxylic acids is 3. The number of carbonyl (C=O) groups is 3. The molecule has 4 aliphatic carbocycles. The number of ether oxygens (including phenoxy) is 3. The minimum Gasteiger partial charge on any atom is -0.497 e. The number of methoxy groups -OCH3 is 1. The molecule has 2 aromatic rings. The third-order valence-electron chi connectivity index (χ3n) is 8.51. The first-order valence-corrected chi connectivity index (χ1v) is 12.4. The number of fused-ring (bicyclic) bond motifs is 1. The van der Waals surface area contributed by atoms with Crippen LogP contribution in [0.5, 0.6) is 11.5 Å². The van der Waals surface area contributed by atoms with Crippen LogP contribution in [0, 0.1) is 23.1 Å². The van der Waals surface area contributed by atoms with Gasteiger partial charge in [0.25, 0.3) is 5.91 Å². The van der Waals surface area contributed by atoms with Crippen molar-refractivity contribution < 1.29 is 33.0 Å². The molecule has 1 aliphatic heterocycles. The van der Waals surface area contributed by atoms with E-state index in [2.05, 4.69) is 5.32 Å². The average Bonchev–Trinajstić information content (AvgIpc) is 2.85. The van der Waals surface area contributed by atoms with Crippen LogP contribution in [0.4, 0.5) is 10.1 Å². The van der Waals surface area contributed by atoms with Crippen LogP contribution in [-0.4, -0.2) is 38.0 Å². The lowest BCUT2D eigenvalue weighted by Gasteiger charge is -2.61. The van der Waals surface area contributed by atoms with Crippen LogP contribution in [0.1, 0.15) is 54.4 Å². The molecular formula is C28H28FNO6. The largest absolute Gasteiger partial charge is 0.497 e. The summed E-state index contributed by atoms with van der Waals surface area (Å²) in [5.41, 5.74) is 0.306. The Balaban J connectivity index is 1.20. The first kappa shape index (κ1) is 23.0. The second-order valence-electron chi connectivity index (χ2n) is 10.9. The topological polar surface area (TPSA) is 90.9 Å². The summed E-state index contributed by atoms with van der Waals surface area (Å²) in [6.07, 6.45) is 4.76. The van der Waals surface area contributed by atoms with Crippen molar-refractivity contribution in [1.82, 2.24) is 0 Å². The number of esters is 1. The summed E-state index contributed by atoms with van der Waals surface area (Å²) < 4.78 is 31.3. The van der Waals surface area contributed by atoms with Gasteiger partial charge < -0.3 is 19.5 Å². The summed E-state index contributed by atoms with van der Waals surface area (Å²) in [6, 6.07) is 9.77. The van der Waals surface area contributed by atoms with Crippen LogP contribution in [0.15, 0.2) is 36.4 Å². The standard InChI is InChI=1S/C28H28FNO6/c1-34-19-3-4-20(21(29)8-19)27-9-16-6-17(10-27)12-28(11-16,15-27)26(33)36-13-23(31)18-2-5-24-22(7-18)30-25(32)14-35-24/h2-5,7-8,16-17H,6,9-15H2,1H3,(H,30,32)/t16-,17-,27?,28?/m1/s1. The van der Waals surface area contributed by atoms with Crippen molar-refractivity contribution >= 4 is 23.3 Å². The third kappa shape index (κ3) is 3.74. The molecule has 4 bridgehead atoms. The van der Waals surface area contributed by atoms with E-state index in [0.717, 1.165) is 32.1 Å². The molecule has 0 radical (unpaired) electrons. The predicted molar refractivity (Wildman–Crippen MR) is 128 cm³/mol. The van der Waals surface area contributed by atoms with E-state index in [9.17, 15) is 14.4 Å². The van der Waals surface area contributed by atoms with E-state index in [1.165, 1.54) is 19.2 Å². The minimum absolute atomic E-state index is 0.0656. The van der Waals surface area contributed by atoms with E-state index in [-0.39, 0.29) is 36.7 Å². The van der Waals surface area contributed by atoms with Gasteiger partial charge in [-0.15, -0.1) is 0 Å². The molecule has 188 valence electrons. The van der Waals surface area contributed by atoms with Gasteiger partial charge in [-0.2, -0.15) is 0 Å². The summed E-state index contributed by atoms with van der Waals surface area (Å²) in [6.45, 7) is -0.447. The Bertz CT molecular complexity index is 1260. The number of Topliss-reactive ketones (excluding diaryl/α,β-unsaturated/α-hetero) is 1. The van der Waals surface area contributed by atoms with Crippen molar-refractivity contribution in [3.05, 3.63) is 53.3 Å². The molecule has 4 saturated carbocycles. The van der Waals surface area contributed by atoms with E-state index in [1.807, 2.05) is 6.07 Å². The number of halogens is 1. The first-order chi connectivity index (χ1) is 17.3. The number of hydrogen-bond donors (Lipinski definition) is 1. The summed E-state index contributed by atoms with van der Waals surface area (Å²) in [7, 11) is 1.51. The van der Waals surface area contributed by atoms with Crippen molar-refractivity contribution in [2.45, 2.75) is 43.9 Å². The highest BCUT2D eigenvalue weighted by molar-refractivity contribution is 6.01. The number of amides is 1. The molecule has 0 saturated heterocycles. The third-order valence-corrected chi connectivity index (χ3v) is 8.51. The van der Waals surface area contributed by atoms with E-state index in [4.69, 9.17) is 14.2 Å². The maximum atomic E-state index is 15.2. The van der Waals surface area contributed by atoms with Crippen molar-refractivity contribution in [3.63, 3.8) is 0 Å². The zero-order valence-corrected chi connectivity index (χ0v) is 20.1. The monoisotopic (exact) mass is 493 g/mol. The lowest BCUT2D eigenvalue weighted by molar-refractivity contribution is -0.173. The predicted octanol–water partition coefficient (Wildman–Crippen LogP) is 4.43. The number of ketones is 1. The number of anilines is 1. The molecule has 0 aromatic heterocycles. The lowest BCUT2D eigenvalue weighted by atomic mass is 9.43. The molecule has 5 aliphatic rings. The Kier molecular flexibility index (Phi) is 5.32. The quantitative estimate of drug-likeness (QED) is 0.473. The fraction of sp³-hybridized carbons (Fsp3) is 0.464. The number of rotatable bonds is 6. The molecule has 0 unspecified atom stereocenters. The van der Waals surface area contributed by atoms with Gasteiger partial charge in [0.2, 0.25) is 0 Å². The fourth-order valence-corrected chi connectivity index (χ4v) is 7.49. The zero-order chi connectivity index (χ0) is 25.1. The summed E-state index contributed by atoms with van der Waals surface area (Å²) in [5.74, 6) is 0.334. The van der Waals surface area contributed by atoms with Gasteiger partial charge in [0.05, 0.1) is 18.2 Å². The van der Waals surface area contributed by atoms with Gasteiger partial charge in [-0.05, 0) is 85.6 Å². The van der Waals surface area contributed by atoms with Crippen LogP contribution < -0.4 is 14.8 Å². The molecule has 8 heteroatoms. The zero-order valence-electron chi connectivity index (χ0n) is 20.1. The molecule has 7 nitrogen and oxygen atoms in total. The molecule has 7 rings (SSSR count). The van der Waals surface area contributed by atoms with Crippen LogP contribution in [0.3, 0.4) is 0 Å². The molecular weight excluding hydrogens is 465 g/mol. The van der Waals surface area contributed by atoms with Crippen LogP contribution >= 0.6 is 0 Å². The second kappa shape index (κ2) is 8.32. The highest BCUT2D eigenvalue weighted by Crippen LogP contribution is 2.66. The maximum absolute atomic E-state index is 15.2. The average molecular weight is 494 g/mol. The summed E-state index contributed by atoms with van der Waals surface area (Å²) >= 11 is 0. The Morgan fingerprint density at radius 1 is 1.11 bits per heavy atom. The van der Waals surface area contributed by atoms with Crippen molar-refractivity contribution in [1.29, 1.82) is 0 Å². The Hall–Kier alpha value is -3.42. The lowest BCUT2D eigenvalue weighted by Crippen LogP contribution is -2.57. The van der Waals surface area contributed by atoms with Crippen LogP contribution in [0.2, 0.25) is 0 Å². The fourth-order valence-electron chi connectivity index (χ4n) is 7.49. The molecule has 4 fully saturated rings. The van der Waals surface area contributed by atoms with Gasteiger partial charge in [0.1, 0.15) is 17.3 Å². The SMILES string of the molecule is COc1ccc(C23C[C@H]4C[C@@H](CC(C(=O)OCC(=O)c5ccc6c(c5)NC(=O)CO6)(C4)C2)C3)c(F)c1. The highest BCUT2D eigenvalue weighted by Gasteiger charge is 2.62. The Morgan fingerprint density at radius 2 is 1.89 bits per heavy atom. The number of hydrogen-bond acceptors (Lipinski definition) is 6. The smallest absolute Gasteiger partial charge is 0.312 e. The van der Waals surface area contributed by atoms with E-state index < -0.39 is 10.8 Å². The van der Waals surface area contributed by atoms with Gasteiger partial charge in [-0.25, -0.2) is 4.39 Å². The van der Waals surface area contributed by atoms with Crippen LogP contribution in [-0.2, 0) is 19.7 Å². The molecule has 2 atom stereocenters. The van der Waals surface area contributed by atoms with Crippen molar-refractivity contribution in [3.8, 4) is 11.5 Å². The van der Waals surface area contributed by atoms with Gasteiger partial charge in [-0.1, -0.05) is 6.07 Å². The maximum Gasteiger partial charge on any atom is 0.312 e. The molecule has 36 heavy (non-hydrogen) atoms. The Labute approximate surface area is 208 Å². The van der Waals surface area contributed by atoms with Crippen molar-refractivity contribution in [2.75, 3.05) is 25.6 Å². The van der Waals surface area contributed by atoms with Gasteiger partial charge in [0.15, 0.2) is 19.0 Å². The minimum atomic E-state index is -0.700. The Morgan fingerprint density at radius 3 is 2.61 bits per heavy atom. The summed E-state index contributed by atoms with van der Waals surface area (Å²) in [4.78, 5) is 37.9. The van der Waals surface area contributed by atoms with Crippen molar-refractivity contribution in [2.24, 2.45) is 17.3 Å². The molecule has 1 amide bonds. The number of nitrogens with one attached hydrogen (secondary N) is 1. The van der Waals surface area contributed by atoms with Gasteiger partial charge in [0, 0.05) is 11.6 Å². The van der Waals surface area contributed by atoms with E-state index in [0.29, 0.717) is 46.6 Å². The molecule has 2 aromatic carbocycles. The number of benzene rings is 2. The first-order valence-electron chi connectivity index (χ1n) is 12.4. The molecule has 1 heterocycles.